The Morgan fingerprint density at radius 1 is 1.50 bits per heavy atom. The van der Waals surface area contributed by atoms with Gasteiger partial charge in [-0.05, 0) is 24.1 Å². The van der Waals surface area contributed by atoms with Gasteiger partial charge in [0.15, 0.2) is 0 Å². The van der Waals surface area contributed by atoms with Crippen molar-refractivity contribution >= 4 is 17.7 Å². The highest BCUT2D eigenvalue weighted by atomic mass is 32.2. The van der Waals surface area contributed by atoms with Crippen molar-refractivity contribution in [3.05, 3.63) is 29.3 Å². The van der Waals surface area contributed by atoms with Gasteiger partial charge in [0.05, 0.1) is 13.5 Å². The maximum Gasteiger partial charge on any atom is 0.306 e. The van der Waals surface area contributed by atoms with Gasteiger partial charge >= 0.3 is 5.97 Å². The third-order valence-electron chi connectivity index (χ3n) is 2.27. The molecule has 0 bridgehead atoms. The van der Waals surface area contributed by atoms with Gasteiger partial charge in [0.1, 0.15) is 0 Å². The summed E-state index contributed by atoms with van der Waals surface area (Å²) in [6.45, 7) is 2.62. The van der Waals surface area contributed by atoms with Crippen LogP contribution in [0.1, 0.15) is 17.5 Å². The van der Waals surface area contributed by atoms with Gasteiger partial charge in [-0.3, -0.25) is 4.79 Å². The van der Waals surface area contributed by atoms with Gasteiger partial charge in [-0.15, -0.1) is 11.8 Å². The second kappa shape index (κ2) is 6.55. The van der Waals surface area contributed by atoms with Crippen LogP contribution < -0.4 is 5.73 Å². The number of hydrogen-bond acceptors (Lipinski definition) is 4. The highest BCUT2D eigenvalue weighted by molar-refractivity contribution is 7.99. The van der Waals surface area contributed by atoms with Crippen LogP contribution >= 0.6 is 11.8 Å². The highest BCUT2D eigenvalue weighted by Crippen LogP contribution is 2.23. The van der Waals surface area contributed by atoms with Crippen molar-refractivity contribution in [3.63, 3.8) is 0 Å². The molecule has 2 N–H and O–H groups in total. The fraction of sp³-hybridized carbons (Fsp3) is 0.417. The van der Waals surface area contributed by atoms with E-state index < -0.39 is 0 Å². The van der Waals surface area contributed by atoms with Crippen molar-refractivity contribution in [3.8, 4) is 0 Å². The number of aryl methyl sites for hydroxylation is 1. The molecular weight excluding hydrogens is 222 g/mol. The van der Waals surface area contributed by atoms with Gasteiger partial charge in [-0.2, -0.15) is 0 Å². The van der Waals surface area contributed by atoms with Crippen LogP contribution in [0.3, 0.4) is 0 Å². The third-order valence-corrected chi connectivity index (χ3v) is 3.44. The zero-order chi connectivity index (χ0) is 12.0. The summed E-state index contributed by atoms with van der Waals surface area (Å²) in [5.41, 5.74) is 7.90. The molecule has 0 aromatic heterocycles. The Morgan fingerprint density at radius 2 is 2.25 bits per heavy atom. The standard InChI is InChI=1S/C12H17NO2S/c1-9-7-10(8-13)3-4-11(9)16-6-5-12(14)15-2/h3-4,7H,5-6,8,13H2,1-2H3. The second-order valence-electron chi connectivity index (χ2n) is 3.48. The van der Waals surface area contributed by atoms with E-state index in [-0.39, 0.29) is 5.97 Å². The van der Waals surface area contributed by atoms with Gasteiger partial charge < -0.3 is 10.5 Å². The zero-order valence-electron chi connectivity index (χ0n) is 9.66. The number of nitrogens with two attached hydrogens (primary N) is 1. The molecular formula is C12H17NO2S. The molecule has 0 amide bonds. The summed E-state index contributed by atoms with van der Waals surface area (Å²) >= 11 is 1.67. The lowest BCUT2D eigenvalue weighted by Gasteiger charge is -2.06. The Hall–Kier alpha value is -1.00. The first kappa shape index (κ1) is 13.1. The smallest absolute Gasteiger partial charge is 0.306 e. The zero-order valence-corrected chi connectivity index (χ0v) is 10.5. The molecule has 0 unspecified atom stereocenters. The van der Waals surface area contributed by atoms with E-state index in [4.69, 9.17) is 5.73 Å². The molecule has 0 aliphatic rings. The largest absolute Gasteiger partial charge is 0.469 e. The minimum Gasteiger partial charge on any atom is -0.469 e. The summed E-state index contributed by atoms with van der Waals surface area (Å²) in [5.74, 6) is 0.582. The van der Waals surface area contributed by atoms with Gasteiger partial charge in [0.25, 0.3) is 0 Å². The van der Waals surface area contributed by atoms with Crippen LogP contribution in [0.4, 0.5) is 0 Å². The van der Waals surface area contributed by atoms with Gasteiger partial charge in [0.2, 0.25) is 0 Å². The minimum absolute atomic E-state index is 0.163. The predicted molar refractivity (Wildman–Crippen MR) is 66.4 cm³/mol. The number of esters is 1. The third kappa shape index (κ3) is 3.87. The maximum atomic E-state index is 10.9. The Balaban J connectivity index is 2.51. The van der Waals surface area contributed by atoms with Crippen LogP contribution in [-0.4, -0.2) is 18.8 Å². The fourth-order valence-electron chi connectivity index (χ4n) is 1.35. The molecule has 0 aliphatic carbocycles. The van der Waals surface area contributed by atoms with E-state index in [1.165, 1.54) is 17.6 Å². The van der Waals surface area contributed by atoms with E-state index >= 15 is 0 Å². The normalized spacial score (nSPS) is 10.2. The molecule has 0 heterocycles. The number of ether oxygens (including phenoxy) is 1. The summed E-state index contributed by atoms with van der Waals surface area (Å²) in [6.07, 6.45) is 0.444. The SMILES string of the molecule is COC(=O)CCSc1ccc(CN)cc1C. The lowest BCUT2D eigenvalue weighted by atomic mass is 10.1. The van der Waals surface area contributed by atoms with Crippen molar-refractivity contribution in [2.75, 3.05) is 12.9 Å². The van der Waals surface area contributed by atoms with Crippen LogP contribution in [0.15, 0.2) is 23.1 Å². The Labute approximate surface area is 100 Å². The maximum absolute atomic E-state index is 10.9. The lowest BCUT2D eigenvalue weighted by molar-refractivity contribution is -0.140. The van der Waals surface area contributed by atoms with Crippen LogP contribution in [0.25, 0.3) is 0 Å². The highest BCUT2D eigenvalue weighted by Gasteiger charge is 2.03. The van der Waals surface area contributed by atoms with Crippen LogP contribution in [0.2, 0.25) is 0 Å². The van der Waals surface area contributed by atoms with Crippen molar-refractivity contribution in [1.82, 2.24) is 0 Å². The van der Waals surface area contributed by atoms with Crippen LogP contribution in [-0.2, 0) is 16.1 Å². The molecule has 0 aliphatic heterocycles. The fourth-order valence-corrected chi connectivity index (χ4v) is 2.29. The monoisotopic (exact) mass is 239 g/mol. The van der Waals surface area contributed by atoms with Gasteiger partial charge in [-0.25, -0.2) is 0 Å². The number of methoxy groups -OCH3 is 1. The predicted octanol–water partition coefficient (Wildman–Crippen LogP) is 2.11. The Bertz CT molecular complexity index is 366. The molecule has 88 valence electrons. The Morgan fingerprint density at radius 3 is 2.81 bits per heavy atom. The van der Waals surface area contributed by atoms with Crippen molar-refractivity contribution in [2.45, 2.75) is 24.8 Å². The summed E-state index contributed by atoms with van der Waals surface area (Å²) in [4.78, 5) is 12.1. The topological polar surface area (TPSA) is 52.3 Å². The van der Waals surface area contributed by atoms with E-state index in [0.29, 0.717) is 13.0 Å². The molecule has 1 rings (SSSR count). The number of thioether (sulfide) groups is 1. The first-order valence-corrected chi connectivity index (χ1v) is 6.15. The molecule has 0 saturated carbocycles. The first-order valence-electron chi connectivity index (χ1n) is 5.16. The van der Waals surface area contributed by atoms with Gasteiger partial charge in [-0.1, -0.05) is 12.1 Å². The average Bonchev–Trinajstić information content (AvgIpc) is 2.30. The van der Waals surface area contributed by atoms with Crippen molar-refractivity contribution in [2.24, 2.45) is 5.73 Å². The molecule has 4 heteroatoms. The number of hydrogen-bond donors (Lipinski definition) is 1. The average molecular weight is 239 g/mol. The van der Waals surface area contributed by atoms with E-state index in [1.807, 2.05) is 6.07 Å². The van der Waals surface area contributed by atoms with Crippen molar-refractivity contribution < 1.29 is 9.53 Å². The quantitative estimate of drug-likeness (QED) is 0.631. The number of benzene rings is 1. The molecule has 16 heavy (non-hydrogen) atoms. The second-order valence-corrected chi connectivity index (χ2v) is 4.62. The molecule has 1 aromatic carbocycles. The van der Waals surface area contributed by atoms with Gasteiger partial charge in [0, 0.05) is 17.2 Å². The summed E-state index contributed by atoms with van der Waals surface area (Å²) in [7, 11) is 1.41. The lowest BCUT2D eigenvalue weighted by Crippen LogP contribution is -2.01. The number of rotatable bonds is 5. The summed E-state index contributed by atoms with van der Waals surface area (Å²) in [6, 6.07) is 6.16. The molecule has 0 radical (unpaired) electrons. The molecule has 1 aromatic rings. The summed E-state index contributed by atoms with van der Waals surface area (Å²) < 4.78 is 4.59. The van der Waals surface area contributed by atoms with Crippen molar-refractivity contribution in [1.29, 1.82) is 0 Å². The van der Waals surface area contributed by atoms with E-state index in [9.17, 15) is 4.79 Å². The van der Waals surface area contributed by atoms with E-state index in [0.717, 1.165) is 11.3 Å². The molecule has 0 fully saturated rings. The molecule has 0 spiro atoms. The number of carbonyl (C=O) groups is 1. The Kier molecular flexibility index (Phi) is 5.35. The van der Waals surface area contributed by atoms with Crippen LogP contribution in [0.5, 0.6) is 0 Å². The molecule has 0 atom stereocenters. The number of carbonyl (C=O) groups excluding carboxylic acids is 1. The van der Waals surface area contributed by atoms with E-state index in [1.54, 1.807) is 11.8 Å². The first-order chi connectivity index (χ1) is 7.67. The summed E-state index contributed by atoms with van der Waals surface area (Å²) in [5, 5.41) is 0. The van der Waals surface area contributed by atoms with Crippen LogP contribution in [0, 0.1) is 6.92 Å². The minimum atomic E-state index is -0.163. The van der Waals surface area contributed by atoms with E-state index in [2.05, 4.69) is 23.8 Å². The molecule has 3 nitrogen and oxygen atoms in total. The molecule has 0 saturated heterocycles.